The van der Waals surface area contributed by atoms with Crippen molar-refractivity contribution in [2.45, 2.75) is 47.5 Å². The quantitative estimate of drug-likeness (QED) is 0.531. The lowest BCUT2D eigenvalue weighted by Gasteiger charge is -2.19. The molecule has 0 aliphatic heterocycles. The van der Waals surface area contributed by atoms with Crippen LogP contribution in [-0.2, 0) is 0 Å². The molecule has 0 saturated carbocycles. The first-order valence-corrected chi connectivity index (χ1v) is 4.76. The van der Waals surface area contributed by atoms with Gasteiger partial charge in [-0.05, 0) is 5.41 Å². The molecule has 0 aromatic carbocycles. The highest BCUT2D eigenvalue weighted by atomic mass is 14.4. The van der Waals surface area contributed by atoms with Crippen molar-refractivity contribution in [2.24, 2.45) is 5.41 Å². The Labute approximate surface area is 76.4 Å². The van der Waals surface area contributed by atoms with Crippen molar-refractivity contribution in [1.29, 1.82) is 5.41 Å². The van der Waals surface area contributed by atoms with Gasteiger partial charge in [-0.25, -0.2) is 0 Å². The average Bonchev–Trinajstić information content (AvgIpc) is 2.39. The Morgan fingerprint density at radius 3 is 1.92 bits per heavy atom. The van der Waals surface area contributed by atoms with Crippen molar-refractivity contribution >= 4 is 5.71 Å². The van der Waals surface area contributed by atoms with Crippen LogP contribution in [-0.4, -0.2) is 5.71 Å². The fraction of sp³-hybridized carbons (Fsp3) is 0.727. The molecule has 0 unspecified atom stereocenters. The monoisotopic (exact) mass is 167 g/mol. The predicted octanol–water partition coefficient (Wildman–Crippen LogP) is 3.80. The van der Waals surface area contributed by atoms with E-state index in [4.69, 9.17) is 5.41 Å². The second-order valence-corrected chi connectivity index (χ2v) is 3.96. The molecule has 1 aliphatic rings. The summed E-state index contributed by atoms with van der Waals surface area (Å²) in [5, 5.41) is 7.41. The van der Waals surface area contributed by atoms with Crippen molar-refractivity contribution < 1.29 is 0 Å². The van der Waals surface area contributed by atoms with Crippen LogP contribution >= 0.6 is 0 Å². The second-order valence-electron chi connectivity index (χ2n) is 3.96. The largest absolute Gasteiger partial charge is 0.309 e. The first kappa shape index (κ1) is 11.4. The van der Waals surface area contributed by atoms with E-state index in [1.807, 2.05) is 13.8 Å². The lowest BCUT2D eigenvalue weighted by molar-refractivity contribution is 0.499. The third-order valence-electron chi connectivity index (χ3n) is 1.96. The summed E-state index contributed by atoms with van der Waals surface area (Å²) < 4.78 is 0. The van der Waals surface area contributed by atoms with Crippen molar-refractivity contribution in [2.75, 3.05) is 0 Å². The Kier molecular flexibility index (Phi) is 4.22. The molecule has 70 valence electrons. The third-order valence-corrected chi connectivity index (χ3v) is 1.96. The van der Waals surface area contributed by atoms with Gasteiger partial charge in [0.05, 0.1) is 0 Å². The maximum absolute atomic E-state index is 7.41. The Balaban J connectivity index is 0.000000561. The van der Waals surface area contributed by atoms with Gasteiger partial charge in [-0.2, -0.15) is 0 Å². The van der Waals surface area contributed by atoms with Crippen LogP contribution in [0.4, 0.5) is 0 Å². The van der Waals surface area contributed by atoms with Gasteiger partial charge in [0.15, 0.2) is 0 Å². The molecule has 0 saturated heterocycles. The third kappa shape index (κ3) is 3.21. The lowest BCUT2D eigenvalue weighted by atomic mass is 9.86. The van der Waals surface area contributed by atoms with E-state index < -0.39 is 0 Å². The van der Waals surface area contributed by atoms with E-state index in [0.717, 1.165) is 18.6 Å². The molecule has 0 spiro atoms. The lowest BCUT2D eigenvalue weighted by Crippen LogP contribution is -2.08. The van der Waals surface area contributed by atoms with E-state index in [2.05, 4.69) is 26.8 Å². The fourth-order valence-electron chi connectivity index (χ4n) is 1.19. The van der Waals surface area contributed by atoms with Crippen molar-refractivity contribution in [3.8, 4) is 0 Å². The highest BCUT2D eigenvalue weighted by molar-refractivity contribution is 5.88. The Morgan fingerprint density at radius 1 is 1.25 bits per heavy atom. The maximum Gasteiger partial charge on any atom is 0.0167 e. The number of hydrogen-bond acceptors (Lipinski definition) is 1. The van der Waals surface area contributed by atoms with E-state index >= 15 is 0 Å². The first-order valence-electron chi connectivity index (χ1n) is 4.76. The minimum absolute atomic E-state index is 0.281. The molecule has 1 heteroatoms. The zero-order valence-electron chi connectivity index (χ0n) is 8.99. The molecule has 0 amide bonds. The molecular weight excluding hydrogens is 146 g/mol. The topological polar surface area (TPSA) is 23.9 Å². The van der Waals surface area contributed by atoms with E-state index in [0.29, 0.717) is 0 Å². The van der Waals surface area contributed by atoms with Crippen LogP contribution in [0.2, 0.25) is 0 Å². The minimum atomic E-state index is 0.281. The van der Waals surface area contributed by atoms with Crippen molar-refractivity contribution in [3.05, 3.63) is 11.6 Å². The summed E-state index contributed by atoms with van der Waals surface area (Å²) in [6.07, 6.45) is 3.98. The number of hydrogen-bond donors (Lipinski definition) is 1. The summed E-state index contributed by atoms with van der Waals surface area (Å²) in [7, 11) is 0. The van der Waals surface area contributed by atoms with Gasteiger partial charge in [0.2, 0.25) is 0 Å². The zero-order valence-corrected chi connectivity index (χ0v) is 8.99. The summed E-state index contributed by atoms with van der Waals surface area (Å²) in [5.41, 5.74) is 2.57. The normalized spacial score (nSPS) is 16.8. The SMILES string of the molecule is CC.CC(C)(C)C1=CCC(=N)C1. The van der Waals surface area contributed by atoms with Crippen LogP contribution in [0.1, 0.15) is 47.5 Å². The molecule has 0 radical (unpaired) electrons. The summed E-state index contributed by atoms with van der Waals surface area (Å²) in [5.74, 6) is 0. The van der Waals surface area contributed by atoms with E-state index in [1.54, 1.807) is 0 Å². The average molecular weight is 167 g/mol. The summed E-state index contributed by atoms with van der Waals surface area (Å²) >= 11 is 0. The van der Waals surface area contributed by atoms with Crippen LogP contribution in [0.25, 0.3) is 0 Å². The van der Waals surface area contributed by atoms with Gasteiger partial charge >= 0.3 is 0 Å². The van der Waals surface area contributed by atoms with Gasteiger partial charge in [-0.3, -0.25) is 0 Å². The van der Waals surface area contributed by atoms with E-state index in [9.17, 15) is 0 Å². The molecule has 0 heterocycles. The Morgan fingerprint density at radius 2 is 1.75 bits per heavy atom. The molecule has 1 N–H and O–H groups in total. The second kappa shape index (κ2) is 4.44. The highest BCUT2D eigenvalue weighted by Crippen LogP contribution is 2.32. The number of rotatable bonds is 0. The number of allylic oxidation sites excluding steroid dienone is 2. The molecular formula is C11H21N. The predicted molar refractivity (Wildman–Crippen MR) is 55.8 cm³/mol. The fourth-order valence-corrected chi connectivity index (χ4v) is 1.19. The van der Waals surface area contributed by atoms with Gasteiger partial charge < -0.3 is 5.41 Å². The van der Waals surface area contributed by atoms with Crippen LogP contribution in [0, 0.1) is 10.8 Å². The van der Waals surface area contributed by atoms with Gasteiger partial charge in [-0.15, -0.1) is 0 Å². The molecule has 0 aromatic heterocycles. The van der Waals surface area contributed by atoms with Crippen molar-refractivity contribution in [3.63, 3.8) is 0 Å². The smallest absolute Gasteiger partial charge is 0.0167 e. The molecule has 0 aromatic rings. The minimum Gasteiger partial charge on any atom is -0.309 e. The summed E-state index contributed by atoms with van der Waals surface area (Å²) in [4.78, 5) is 0. The first-order chi connectivity index (χ1) is 5.50. The van der Waals surface area contributed by atoms with Crippen LogP contribution < -0.4 is 0 Å². The zero-order chi connectivity index (χ0) is 9.78. The number of nitrogens with one attached hydrogen (secondary N) is 1. The van der Waals surface area contributed by atoms with E-state index in [-0.39, 0.29) is 5.41 Å². The van der Waals surface area contributed by atoms with Crippen molar-refractivity contribution in [1.82, 2.24) is 0 Å². The van der Waals surface area contributed by atoms with Gasteiger partial charge in [0, 0.05) is 18.6 Å². The van der Waals surface area contributed by atoms with Crippen LogP contribution in [0.3, 0.4) is 0 Å². The summed E-state index contributed by atoms with van der Waals surface area (Å²) in [6, 6.07) is 0. The molecule has 12 heavy (non-hydrogen) atoms. The van der Waals surface area contributed by atoms with Gasteiger partial charge in [0.1, 0.15) is 0 Å². The molecule has 1 rings (SSSR count). The molecule has 1 aliphatic carbocycles. The van der Waals surface area contributed by atoms with Gasteiger partial charge in [0.25, 0.3) is 0 Å². The maximum atomic E-state index is 7.41. The van der Waals surface area contributed by atoms with Crippen LogP contribution in [0.5, 0.6) is 0 Å². The van der Waals surface area contributed by atoms with Gasteiger partial charge in [-0.1, -0.05) is 46.3 Å². The van der Waals surface area contributed by atoms with E-state index in [1.165, 1.54) is 5.57 Å². The molecule has 0 bridgehead atoms. The molecule has 0 atom stereocenters. The Hall–Kier alpha value is -0.590. The van der Waals surface area contributed by atoms with Crippen LogP contribution in [0.15, 0.2) is 11.6 Å². The molecule has 1 nitrogen and oxygen atoms in total. The Bertz CT molecular complexity index is 182. The molecule has 0 fully saturated rings. The highest BCUT2D eigenvalue weighted by Gasteiger charge is 2.21. The summed E-state index contributed by atoms with van der Waals surface area (Å²) in [6.45, 7) is 10.6. The standard InChI is InChI=1S/C9H15N.C2H6/c1-9(2,3)7-4-5-8(10)6-7;1-2/h4,10H,5-6H2,1-3H3;1-2H3.